The SMILES string of the molecule is COc1c(C)cnc(CN2CCCC2CNC(C)C)c1C. The van der Waals surface area contributed by atoms with Crippen LogP contribution >= 0.6 is 0 Å². The Morgan fingerprint density at radius 2 is 2.19 bits per heavy atom. The predicted octanol–water partition coefficient (Wildman–Crippen LogP) is 2.67. The van der Waals surface area contributed by atoms with Crippen LogP contribution in [0.15, 0.2) is 6.20 Å². The Hall–Kier alpha value is -1.13. The fraction of sp³-hybridized carbons (Fsp3) is 0.706. The second kappa shape index (κ2) is 7.23. The molecule has 2 heterocycles. The number of methoxy groups -OCH3 is 1. The Morgan fingerprint density at radius 3 is 2.86 bits per heavy atom. The molecule has 0 bridgehead atoms. The van der Waals surface area contributed by atoms with E-state index in [1.165, 1.54) is 24.9 Å². The van der Waals surface area contributed by atoms with Crippen molar-refractivity contribution in [3.05, 3.63) is 23.0 Å². The van der Waals surface area contributed by atoms with Crippen molar-refractivity contribution in [2.75, 3.05) is 20.2 Å². The number of rotatable bonds is 6. The highest BCUT2D eigenvalue weighted by atomic mass is 16.5. The van der Waals surface area contributed by atoms with Gasteiger partial charge < -0.3 is 10.1 Å². The normalized spacial score (nSPS) is 19.4. The van der Waals surface area contributed by atoms with E-state index in [9.17, 15) is 0 Å². The average molecular weight is 291 g/mol. The van der Waals surface area contributed by atoms with Gasteiger partial charge >= 0.3 is 0 Å². The highest BCUT2D eigenvalue weighted by molar-refractivity contribution is 5.41. The molecule has 0 amide bonds. The second-order valence-corrected chi connectivity index (χ2v) is 6.38. The summed E-state index contributed by atoms with van der Waals surface area (Å²) in [6.45, 7) is 11.7. The van der Waals surface area contributed by atoms with Crippen molar-refractivity contribution in [3.8, 4) is 5.75 Å². The van der Waals surface area contributed by atoms with Gasteiger partial charge in [0.05, 0.1) is 12.8 Å². The summed E-state index contributed by atoms with van der Waals surface area (Å²) in [5.74, 6) is 0.982. The summed E-state index contributed by atoms with van der Waals surface area (Å²) in [4.78, 5) is 7.19. The van der Waals surface area contributed by atoms with Crippen molar-refractivity contribution in [1.29, 1.82) is 0 Å². The molecule has 4 nitrogen and oxygen atoms in total. The number of hydrogen-bond acceptors (Lipinski definition) is 4. The molecule has 0 saturated carbocycles. The van der Waals surface area contributed by atoms with E-state index in [0.717, 1.165) is 30.1 Å². The third-order valence-corrected chi connectivity index (χ3v) is 4.36. The number of ether oxygens (including phenoxy) is 1. The van der Waals surface area contributed by atoms with Gasteiger partial charge in [-0.3, -0.25) is 9.88 Å². The van der Waals surface area contributed by atoms with Gasteiger partial charge in [0.1, 0.15) is 5.75 Å². The van der Waals surface area contributed by atoms with Gasteiger partial charge in [-0.1, -0.05) is 13.8 Å². The molecule has 21 heavy (non-hydrogen) atoms. The molecule has 1 N–H and O–H groups in total. The van der Waals surface area contributed by atoms with Gasteiger partial charge in [0.2, 0.25) is 0 Å². The van der Waals surface area contributed by atoms with Gasteiger partial charge in [-0.15, -0.1) is 0 Å². The smallest absolute Gasteiger partial charge is 0.128 e. The van der Waals surface area contributed by atoms with Crippen LogP contribution in [-0.4, -0.2) is 42.2 Å². The molecule has 0 aliphatic carbocycles. The summed E-state index contributed by atoms with van der Waals surface area (Å²) in [7, 11) is 1.74. The Labute approximate surface area is 128 Å². The van der Waals surface area contributed by atoms with E-state index in [1.807, 2.05) is 13.1 Å². The maximum atomic E-state index is 5.52. The lowest BCUT2D eigenvalue weighted by Gasteiger charge is -2.26. The van der Waals surface area contributed by atoms with Gasteiger partial charge in [0.25, 0.3) is 0 Å². The summed E-state index contributed by atoms with van der Waals surface area (Å²) >= 11 is 0. The van der Waals surface area contributed by atoms with Crippen LogP contribution in [0, 0.1) is 13.8 Å². The van der Waals surface area contributed by atoms with Crippen molar-refractivity contribution in [3.63, 3.8) is 0 Å². The Bertz CT molecular complexity index is 473. The quantitative estimate of drug-likeness (QED) is 0.874. The van der Waals surface area contributed by atoms with E-state index in [0.29, 0.717) is 12.1 Å². The second-order valence-electron chi connectivity index (χ2n) is 6.38. The average Bonchev–Trinajstić information content (AvgIpc) is 2.87. The number of aryl methyl sites for hydroxylation is 1. The first-order valence-electron chi connectivity index (χ1n) is 7.99. The summed E-state index contributed by atoms with van der Waals surface area (Å²) in [5.41, 5.74) is 3.44. The van der Waals surface area contributed by atoms with Gasteiger partial charge in [0, 0.05) is 42.5 Å². The monoisotopic (exact) mass is 291 g/mol. The molecule has 1 aromatic rings. The first-order chi connectivity index (χ1) is 10.0. The molecule has 2 rings (SSSR count). The first kappa shape index (κ1) is 16.2. The van der Waals surface area contributed by atoms with E-state index in [2.05, 4.69) is 36.0 Å². The lowest BCUT2D eigenvalue weighted by atomic mass is 10.1. The van der Waals surface area contributed by atoms with Gasteiger partial charge in [-0.25, -0.2) is 0 Å². The first-order valence-corrected chi connectivity index (χ1v) is 7.99. The summed E-state index contributed by atoms with van der Waals surface area (Å²) < 4.78 is 5.52. The number of aromatic nitrogens is 1. The molecule has 0 spiro atoms. The highest BCUT2D eigenvalue weighted by Crippen LogP contribution is 2.27. The molecule has 4 heteroatoms. The fourth-order valence-electron chi connectivity index (χ4n) is 3.13. The summed E-state index contributed by atoms with van der Waals surface area (Å²) in [6.07, 6.45) is 4.49. The zero-order valence-electron chi connectivity index (χ0n) is 14.1. The van der Waals surface area contributed by atoms with Crippen LogP contribution < -0.4 is 10.1 Å². The van der Waals surface area contributed by atoms with Crippen LogP contribution in [0.3, 0.4) is 0 Å². The van der Waals surface area contributed by atoms with Crippen LogP contribution in [0.4, 0.5) is 0 Å². The molecule has 118 valence electrons. The van der Waals surface area contributed by atoms with Crippen molar-refractivity contribution in [1.82, 2.24) is 15.2 Å². The lowest BCUT2D eigenvalue weighted by molar-refractivity contribution is 0.232. The van der Waals surface area contributed by atoms with E-state index in [1.54, 1.807) is 7.11 Å². The molecular weight excluding hydrogens is 262 g/mol. The maximum absolute atomic E-state index is 5.52. The molecule has 1 saturated heterocycles. The van der Waals surface area contributed by atoms with Crippen LogP contribution in [-0.2, 0) is 6.54 Å². The number of nitrogens with one attached hydrogen (secondary N) is 1. The molecule has 1 aliphatic rings. The van der Waals surface area contributed by atoms with Crippen LogP contribution in [0.25, 0.3) is 0 Å². The van der Waals surface area contributed by atoms with Gasteiger partial charge in [-0.2, -0.15) is 0 Å². The van der Waals surface area contributed by atoms with Crippen molar-refractivity contribution < 1.29 is 4.74 Å². The van der Waals surface area contributed by atoms with Gasteiger partial charge in [0.15, 0.2) is 0 Å². The zero-order chi connectivity index (χ0) is 15.4. The largest absolute Gasteiger partial charge is 0.496 e. The molecule has 1 fully saturated rings. The number of hydrogen-bond donors (Lipinski definition) is 1. The molecule has 1 aromatic heterocycles. The third kappa shape index (κ3) is 3.95. The Balaban J connectivity index is 2.07. The van der Waals surface area contributed by atoms with E-state index >= 15 is 0 Å². The van der Waals surface area contributed by atoms with Crippen molar-refractivity contribution >= 4 is 0 Å². The molecule has 1 atom stereocenters. The van der Waals surface area contributed by atoms with Gasteiger partial charge in [-0.05, 0) is 33.2 Å². The molecule has 1 aliphatic heterocycles. The summed E-state index contributed by atoms with van der Waals surface area (Å²) in [6, 6.07) is 1.17. The number of pyridine rings is 1. The minimum absolute atomic E-state index is 0.548. The number of likely N-dealkylation sites (tertiary alicyclic amines) is 1. The van der Waals surface area contributed by atoms with Crippen molar-refractivity contribution in [2.24, 2.45) is 0 Å². The predicted molar refractivity (Wildman–Crippen MR) is 86.8 cm³/mol. The topological polar surface area (TPSA) is 37.4 Å². The lowest BCUT2D eigenvalue weighted by Crippen LogP contribution is -2.40. The molecule has 0 aromatic carbocycles. The molecule has 0 radical (unpaired) electrons. The van der Waals surface area contributed by atoms with E-state index < -0.39 is 0 Å². The third-order valence-electron chi connectivity index (χ3n) is 4.36. The minimum atomic E-state index is 0.548. The van der Waals surface area contributed by atoms with Crippen LogP contribution in [0.5, 0.6) is 5.75 Å². The number of nitrogens with zero attached hydrogens (tertiary/aromatic N) is 2. The minimum Gasteiger partial charge on any atom is -0.496 e. The van der Waals surface area contributed by atoms with E-state index in [-0.39, 0.29) is 0 Å². The molecular formula is C17H29N3O. The summed E-state index contributed by atoms with van der Waals surface area (Å²) in [5, 5.41) is 3.56. The molecule has 1 unspecified atom stereocenters. The zero-order valence-corrected chi connectivity index (χ0v) is 14.1. The Kier molecular flexibility index (Phi) is 5.59. The fourth-order valence-corrected chi connectivity index (χ4v) is 3.13. The Morgan fingerprint density at radius 1 is 1.43 bits per heavy atom. The van der Waals surface area contributed by atoms with Crippen molar-refractivity contribution in [2.45, 2.75) is 59.2 Å². The standard InChI is InChI=1S/C17H29N3O/c1-12(2)18-10-15-7-6-8-20(15)11-16-14(4)17(21-5)13(3)9-19-16/h9,12,15,18H,6-8,10-11H2,1-5H3. The van der Waals surface area contributed by atoms with Crippen LogP contribution in [0.2, 0.25) is 0 Å². The highest BCUT2D eigenvalue weighted by Gasteiger charge is 2.25. The van der Waals surface area contributed by atoms with E-state index in [4.69, 9.17) is 4.74 Å². The maximum Gasteiger partial charge on any atom is 0.128 e. The van der Waals surface area contributed by atoms with Crippen LogP contribution in [0.1, 0.15) is 43.5 Å².